The van der Waals surface area contributed by atoms with Crippen LogP contribution >= 0.6 is 15.9 Å². The molecule has 4 nitrogen and oxygen atoms in total. The van der Waals surface area contributed by atoms with E-state index in [-0.39, 0.29) is 11.9 Å². The topological polar surface area (TPSA) is 55.4 Å². The Labute approximate surface area is 102 Å². The highest BCUT2D eigenvalue weighted by Crippen LogP contribution is 2.12. The molecule has 0 aliphatic carbocycles. The van der Waals surface area contributed by atoms with Crippen molar-refractivity contribution < 1.29 is 14.3 Å². The molecular weight excluding hydrogens is 274 g/mol. The van der Waals surface area contributed by atoms with Gasteiger partial charge in [-0.25, -0.2) is 0 Å². The van der Waals surface area contributed by atoms with Crippen molar-refractivity contribution in [3.05, 3.63) is 29.8 Å². The molecular formula is C11H12BrNO3. The van der Waals surface area contributed by atoms with Crippen molar-refractivity contribution in [1.82, 2.24) is 5.32 Å². The van der Waals surface area contributed by atoms with Gasteiger partial charge in [0.05, 0.1) is 0 Å². The van der Waals surface area contributed by atoms with E-state index in [4.69, 9.17) is 4.74 Å². The number of halogens is 1. The first-order valence-corrected chi connectivity index (χ1v) is 5.88. The number of rotatable bonds is 4. The maximum absolute atomic E-state index is 11.5. The van der Waals surface area contributed by atoms with E-state index in [0.29, 0.717) is 23.2 Å². The summed E-state index contributed by atoms with van der Waals surface area (Å²) in [5.74, 6) is -0.0881. The molecule has 1 aromatic carbocycles. The second-order valence-corrected chi connectivity index (χ2v) is 3.86. The number of alkyl halides is 1. The lowest BCUT2D eigenvalue weighted by molar-refractivity contribution is -0.131. The van der Waals surface area contributed by atoms with Crippen molar-refractivity contribution >= 4 is 27.8 Å². The zero-order valence-electron chi connectivity index (χ0n) is 8.83. The fraction of sp³-hybridized carbons (Fsp3) is 0.273. The number of nitrogens with one attached hydrogen (secondary N) is 1. The summed E-state index contributed by atoms with van der Waals surface area (Å²) in [7, 11) is 0. The SMILES string of the molecule is CC(=O)Oc1ccc(C(=O)NCCBr)cc1. The number of ether oxygens (including phenoxy) is 1. The molecule has 0 aliphatic heterocycles. The van der Waals surface area contributed by atoms with Gasteiger partial charge in [0, 0.05) is 24.4 Å². The number of hydrogen-bond donors (Lipinski definition) is 1. The molecule has 0 bridgehead atoms. The summed E-state index contributed by atoms with van der Waals surface area (Å²) in [5, 5.41) is 3.43. The predicted octanol–water partition coefficient (Wildman–Crippen LogP) is 1.74. The molecule has 0 saturated heterocycles. The van der Waals surface area contributed by atoms with Gasteiger partial charge in [-0.1, -0.05) is 15.9 Å². The van der Waals surface area contributed by atoms with Crippen LogP contribution in [0.2, 0.25) is 0 Å². The average molecular weight is 286 g/mol. The summed E-state index contributed by atoms with van der Waals surface area (Å²) >= 11 is 3.22. The van der Waals surface area contributed by atoms with Gasteiger partial charge in [0.1, 0.15) is 5.75 Å². The van der Waals surface area contributed by atoms with Crippen molar-refractivity contribution in [2.45, 2.75) is 6.92 Å². The Bertz CT molecular complexity index is 375. The molecule has 86 valence electrons. The minimum absolute atomic E-state index is 0.145. The van der Waals surface area contributed by atoms with Gasteiger partial charge in [0.2, 0.25) is 0 Å². The van der Waals surface area contributed by atoms with E-state index in [1.807, 2.05) is 0 Å². The number of benzene rings is 1. The van der Waals surface area contributed by atoms with Gasteiger partial charge in [0.25, 0.3) is 5.91 Å². The molecule has 1 N–H and O–H groups in total. The molecule has 16 heavy (non-hydrogen) atoms. The highest BCUT2D eigenvalue weighted by atomic mass is 79.9. The minimum atomic E-state index is -0.378. The first-order valence-electron chi connectivity index (χ1n) is 4.76. The molecule has 5 heteroatoms. The zero-order chi connectivity index (χ0) is 12.0. The van der Waals surface area contributed by atoms with Crippen LogP contribution < -0.4 is 10.1 Å². The molecule has 0 fully saturated rings. The molecule has 1 rings (SSSR count). The van der Waals surface area contributed by atoms with E-state index >= 15 is 0 Å². The summed E-state index contributed by atoms with van der Waals surface area (Å²) in [5.41, 5.74) is 0.539. The Hall–Kier alpha value is -1.36. The first-order chi connectivity index (χ1) is 7.63. The molecule has 0 unspecified atom stereocenters. The molecule has 1 amide bonds. The molecule has 1 aromatic rings. The molecule has 0 aliphatic rings. The summed E-state index contributed by atoms with van der Waals surface area (Å²) < 4.78 is 4.85. The smallest absolute Gasteiger partial charge is 0.308 e. The Kier molecular flexibility index (Phi) is 4.98. The lowest BCUT2D eigenvalue weighted by atomic mass is 10.2. The third-order valence-corrected chi connectivity index (χ3v) is 2.15. The predicted molar refractivity (Wildman–Crippen MR) is 63.9 cm³/mol. The van der Waals surface area contributed by atoms with Gasteiger partial charge < -0.3 is 10.1 Å². The Morgan fingerprint density at radius 2 is 1.94 bits per heavy atom. The van der Waals surface area contributed by atoms with E-state index in [1.165, 1.54) is 6.92 Å². The van der Waals surface area contributed by atoms with Crippen molar-refractivity contribution in [3.63, 3.8) is 0 Å². The third kappa shape index (κ3) is 4.02. The van der Waals surface area contributed by atoms with E-state index in [9.17, 15) is 9.59 Å². The number of amides is 1. The molecule has 0 spiro atoms. The van der Waals surface area contributed by atoms with Gasteiger partial charge in [-0.3, -0.25) is 9.59 Å². The first kappa shape index (κ1) is 12.7. The molecule has 0 atom stereocenters. The summed E-state index contributed by atoms with van der Waals surface area (Å²) in [6, 6.07) is 6.40. The lowest BCUT2D eigenvalue weighted by Crippen LogP contribution is -2.25. The van der Waals surface area contributed by atoms with Crippen molar-refractivity contribution in [3.8, 4) is 5.75 Å². The minimum Gasteiger partial charge on any atom is -0.427 e. The standard InChI is InChI=1S/C11H12BrNO3/c1-8(14)16-10-4-2-9(3-5-10)11(15)13-7-6-12/h2-5H,6-7H2,1H3,(H,13,15). The van der Waals surface area contributed by atoms with Gasteiger partial charge in [-0.2, -0.15) is 0 Å². The zero-order valence-corrected chi connectivity index (χ0v) is 10.4. The normalized spacial score (nSPS) is 9.62. The summed E-state index contributed by atoms with van der Waals surface area (Å²) in [4.78, 5) is 22.2. The second kappa shape index (κ2) is 6.27. The Morgan fingerprint density at radius 1 is 1.31 bits per heavy atom. The molecule has 0 heterocycles. The van der Waals surface area contributed by atoms with Crippen LogP contribution in [-0.2, 0) is 4.79 Å². The van der Waals surface area contributed by atoms with E-state index < -0.39 is 0 Å². The van der Waals surface area contributed by atoms with Crippen LogP contribution in [0.1, 0.15) is 17.3 Å². The van der Waals surface area contributed by atoms with Crippen LogP contribution in [0, 0.1) is 0 Å². The number of carbonyl (C=O) groups excluding carboxylic acids is 2. The van der Waals surface area contributed by atoms with Crippen molar-refractivity contribution in [2.75, 3.05) is 11.9 Å². The molecule has 0 radical (unpaired) electrons. The largest absolute Gasteiger partial charge is 0.427 e. The van der Waals surface area contributed by atoms with Crippen LogP contribution in [-0.4, -0.2) is 23.8 Å². The average Bonchev–Trinajstić information content (AvgIpc) is 2.26. The monoisotopic (exact) mass is 285 g/mol. The van der Waals surface area contributed by atoms with E-state index in [2.05, 4.69) is 21.2 Å². The number of esters is 1. The van der Waals surface area contributed by atoms with Gasteiger partial charge in [-0.15, -0.1) is 0 Å². The number of carbonyl (C=O) groups is 2. The molecule has 0 aromatic heterocycles. The fourth-order valence-corrected chi connectivity index (χ4v) is 1.30. The Balaban J connectivity index is 2.63. The van der Waals surface area contributed by atoms with E-state index in [0.717, 1.165) is 0 Å². The van der Waals surface area contributed by atoms with Crippen molar-refractivity contribution in [2.24, 2.45) is 0 Å². The number of hydrogen-bond acceptors (Lipinski definition) is 3. The quantitative estimate of drug-likeness (QED) is 0.521. The van der Waals surface area contributed by atoms with Crippen LogP contribution in [0.4, 0.5) is 0 Å². The lowest BCUT2D eigenvalue weighted by Gasteiger charge is -2.04. The van der Waals surface area contributed by atoms with Gasteiger partial charge >= 0.3 is 5.97 Å². The molecule has 0 saturated carbocycles. The highest BCUT2D eigenvalue weighted by Gasteiger charge is 2.05. The maximum Gasteiger partial charge on any atom is 0.308 e. The van der Waals surface area contributed by atoms with Crippen LogP contribution in [0.15, 0.2) is 24.3 Å². The van der Waals surface area contributed by atoms with Crippen LogP contribution in [0.3, 0.4) is 0 Å². The highest BCUT2D eigenvalue weighted by molar-refractivity contribution is 9.09. The van der Waals surface area contributed by atoms with Gasteiger partial charge in [-0.05, 0) is 24.3 Å². The van der Waals surface area contributed by atoms with Crippen LogP contribution in [0.25, 0.3) is 0 Å². The summed E-state index contributed by atoms with van der Waals surface area (Å²) in [6.07, 6.45) is 0. The third-order valence-electron chi connectivity index (χ3n) is 1.76. The fourth-order valence-electron chi connectivity index (χ4n) is 1.10. The maximum atomic E-state index is 11.5. The van der Waals surface area contributed by atoms with Crippen LogP contribution in [0.5, 0.6) is 5.75 Å². The Morgan fingerprint density at radius 3 is 2.44 bits per heavy atom. The second-order valence-electron chi connectivity index (χ2n) is 3.06. The summed E-state index contributed by atoms with van der Waals surface area (Å²) in [6.45, 7) is 1.90. The van der Waals surface area contributed by atoms with E-state index in [1.54, 1.807) is 24.3 Å². The van der Waals surface area contributed by atoms with Gasteiger partial charge in [0.15, 0.2) is 0 Å². The van der Waals surface area contributed by atoms with Crippen molar-refractivity contribution in [1.29, 1.82) is 0 Å².